The van der Waals surface area contributed by atoms with E-state index in [0.717, 1.165) is 0 Å². The van der Waals surface area contributed by atoms with E-state index in [1.54, 1.807) is 12.1 Å². The van der Waals surface area contributed by atoms with Crippen LogP contribution in [-0.4, -0.2) is 17.8 Å². The lowest BCUT2D eigenvalue weighted by Gasteiger charge is -2.09. The minimum atomic E-state index is -1.08. The number of carboxylic acids is 1. The molecule has 0 saturated heterocycles. The second-order valence-corrected chi connectivity index (χ2v) is 2.65. The van der Waals surface area contributed by atoms with E-state index >= 15 is 0 Å². The fourth-order valence-electron chi connectivity index (χ4n) is 1.10. The SMILES string of the molecule is N[C@H](CF)c1ccccc1C(=O)O. The minimum absolute atomic E-state index is 0.0626. The van der Waals surface area contributed by atoms with Gasteiger partial charge in [-0.2, -0.15) is 0 Å². The summed E-state index contributed by atoms with van der Waals surface area (Å²) < 4.78 is 12.2. The smallest absolute Gasteiger partial charge is 0.336 e. The van der Waals surface area contributed by atoms with Crippen LogP contribution in [-0.2, 0) is 0 Å². The first-order valence-electron chi connectivity index (χ1n) is 3.80. The summed E-state index contributed by atoms with van der Waals surface area (Å²) in [5.74, 6) is -1.08. The molecule has 0 unspecified atom stereocenters. The maximum Gasteiger partial charge on any atom is 0.336 e. The first-order valence-corrected chi connectivity index (χ1v) is 3.80. The number of alkyl halides is 1. The van der Waals surface area contributed by atoms with Crippen molar-refractivity contribution in [3.8, 4) is 0 Å². The lowest BCUT2D eigenvalue weighted by Crippen LogP contribution is -2.16. The van der Waals surface area contributed by atoms with Crippen molar-refractivity contribution < 1.29 is 14.3 Å². The lowest BCUT2D eigenvalue weighted by molar-refractivity contribution is 0.0695. The van der Waals surface area contributed by atoms with Gasteiger partial charge in [-0.1, -0.05) is 18.2 Å². The summed E-state index contributed by atoms with van der Waals surface area (Å²) in [6.45, 7) is -0.760. The van der Waals surface area contributed by atoms with Crippen LogP contribution >= 0.6 is 0 Å². The molecule has 13 heavy (non-hydrogen) atoms. The van der Waals surface area contributed by atoms with Gasteiger partial charge in [-0.05, 0) is 11.6 Å². The molecule has 1 rings (SSSR count). The highest BCUT2D eigenvalue weighted by molar-refractivity contribution is 5.89. The summed E-state index contributed by atoms with van der Waals surface area (Å²) in [7, 11) is 0. The van der Waals surface area contributed by atoms with Gasteiger partial charge in [0, 0.05) is 0 Å². The number of aromatic carboxylic acids is 1. The number of rotatable bonds is 3. The van der Waals surface area contributed by atoms with E-state index in [-0.39, 0.29) is 5.56 Å². The van der Waals surface area contributed by atoms with Gasteiger partial charge in [-0.25, -0.2) is 9.18 Å². The van der Waals surface area contributed by atoms with Crippen LogP contribution in [0.5, 0.6) is 0 Å². The van der Waals surface area contributed by atoms with Gasteiger partial charge < -0.3 is 10.8 Å². The molecule has 0 spiro atoms. The van der Waals surface area contributed by atoms with E-state index < -0.39 is 18.7 Å². The number of carboxylic acid groups (broad SMARTS) is 1. The van der Waals surface area contributed by atoms with E-state index in [9.17, 15) is 9.18 Å². The molecule has 1 aromatic rings. The largest absolute Gasteiger partial charge is 0.478 e. The Bertz CT molecular complexity index is 314. The molecule has 0 heterocycles. The minimum Gasteiger partial charge on any atom is -0.478 e. The van der Waals surface area contributed by atoms with E-state index in [1.165, 1.54) is 12.1 Å². The Hall–Kier alpha value is -1.42. The van der Waals surface area contributed by atoms with Crippen LogP contribution in [0.2, 0.25) is 0 Å². The molecule has 3 N–H and O–H groups in total. The van der Waals surface area contributed by atoms with E-state index in [1.807, 2.05) is 0 Å². The molecule has 0 saturated carbocycles. The molecule has 0 aliphatic carbocycles. The first kappa shape index (κ1) is 9.67. The monoisotopic (exact) mass is 183 g/mol. The van der Waals surface area contributed by atoms with Crippen molar-refractivity contribution >= 4 is 5.97 Å². The van der Waals surface area contributed by atoms with Gasteiger partial charge >= 0.3 is 5.97 Å². The molecule has 4 heteroatoms. The third-order valence-corrected chi connectivity index (χ3v) is 1.76. The van der Waals surface area contributed by atoms with Gasteiger partial charge in [0.15, 0.2) is 0 Å². The molecule has 0 radical (unpaired) electrons. The summed E-state index contributed by atoms with van der Waals surface area (Å²) in [5, 5.41) is 8.73. The Morgan fingerprint density at radius 2 is 2.15 bits per heavy atom. The van der Waals surface area contributed by atoms with Crippen molar-refractivity contribution in [1.29, 1.82) is 0 Å². The van der Waals surface area contributed by atoms with Crippen LogP contribution in [0.15, 0.2) is 24.3 Å². The molecule has 0 fully saturated rings. The highest BCUT2D eigenvalue weighted by Gasteiger charge is 2.14. The fraction of sp³-hybridized carbons (Fsp3) is 0.222. The van der Waals surface area contributed by atoms with E-state index in [0.29, 0.717) is 5.56 Å². The molecule has 0 aromatic heterocycles. The van der Waals surface area contributed by atoms with Crippen LogP contribution in [0.3, 0.4) is 0 Å². The zero-order valence-electron chi connectivity index (χ0n) is 6.90. The standard InChI is InChI=1S/C9H10FNO2/c10-5-8(11)6-3-1-2-4-7(6)9(12)13/h1-4,8H,5,11H2,(H,12,13)/t8-/m1/s1. The van der Waals surface area contributed by atoms with Gasteiger partial charge in [0.2, 0.25) is 0 Å². The normalized spacial score (nSPS) is 12.5. The zero-order valence-corrected chi connectivity index (χ0v) is 6.90. The average molecular weight is 183 g/mol. The third kappa shape index (κ3) is 2.03. The zero-order chi connectivity index (χ0) is 9.84. The van der Waals surface area contributed by atoms with Gasteiger partial charge in [-0.15, -0.1) is 0 Å². The first-order chi connectivity index (χ1) is 6.16. The molecule has 0 aliphatic rings. The number of carbonyl (C=O) groups is 1. The Labute approximate surface area is 75.0 Å². The molecule has 3 nitrogen and oxygen atoms in total. The molecular weight excluding hydrogens is 173 g/mol. The summed E-state index contributed by atoms with van der Waals surface area (Å²) in [4.78, 5) is 10.7. The van der Waals surface area contributed by atoms with Crippen molar-refractivity contribution in [3.05, 3.63) is 35.4 Å². The Morgan fingerprint density at radius 1 is 1.54 bits per heavy atom. The van der Waals surface area contributed by atoms with Crippen molar-refractivity contribution in [2.24, 2.45) is 5.73 Å². The summed E-state index contributed by atoms with van der Waals surface area (Å²) in [5.41, 5.74) is 5.79. The molecule has 0 amide bonds. The maximum absolute atomic E-state index is 12.2. The molecule has 1 aromatic carbocycles. The van der Waals surface area contributed by atoms with Gasteiger partial charge in [0.25, 0.3) is 0 Å². The summed E-state index contributed by atoms with van der Waals surface area (Å²) in [6, 6.07) is 5.29. The molecule has 70 valence electrons. The summed E-state index contributed by atoms with van der Waals surface area (Å²) in [6.07, 6.45) is 0. The van der Waals surface area contributed by atoms with Gasteiger partial charge in [0.05, 0.1) is 11.6 Å². The third-order valence-electron chi connectivity index (χ3n) is 1.76. The molecular formula is C9H10FNO2. The van der Waals surface area contributed by atoms with Gasteiger partial charge in [-0.3, -0.25) is 0 Å². The molecule has 0 aliphatic heterocycles. The Balaban J connectivity index is 3.11. The molecule has 0 bridgehead atoms. The van der Waals surface area contributed by atoms with Crippen LogP contribution in [0.25, 0.3) is 0 Å². The van der Waals surface area contributed by atoms with Gasteiger partial charge in [0.1, 0.15) is 6.67 Å². The van der Waals surface area contributed by atoms with E-state index in [4.69, 9.17) is 10.8 Å². The number of halogens is 1. The lowest BCUT2D eigenvalue weighted by atomic mass is 10.0. The van der Waals surface area contributed by atoms with E-state index in [2.05, 4.69) is 0 Å². The fourth-order valence-corrected chi connectivity index (χ4v) is 1.10. The van der Waals surface area contributed by atoms with Crippen LogP contribution < -0.4 is 5.73 Å². The predicted molar refractivity (Wildman–Crippen MR) is 46.3 cm³/mol. The second-order valence-electron chi connectivity index (χ2n) is 2.65. The Morgan fingerprint density at radius 3 is 2.69 bits per heavy atom. The topological polar surface area (TPSA) is 63.3 Å². The number of hydrogen-bond donors (Lipinski definition) is 2. The number of hydrogen-bond acceptors (Lipinski definition) is 2. The number of benzene rings is 1. The highest BCUT2D eigenvalue weighted by atomic mass is 19.1. The Kier molecular flexibility index (Phi) is 2.97. The van der Waals surface area contributed by atoms with Crippen LogP contribution in [0, 0.1) is 0 Å². The second kappa shape index (κ2) is 4.00. The summed E-state index contributed by atoms with van der Waals surface area (Å²) >= 11 is 0. The number of nitrogens with two attached hydrogens (primary N) is 1. The average Bonchev–Trinajstić information content (AvgIpc) is 2.16. The van der Waals surface area contributed by atoms with Crippen LogP contribution in [0.4, 0.5) is 4.39 Å². The van der Waals surface area contributed by atoms with Crippen molar-refractivity contribution in [1.82, 2.24) is 0 Å². The maximum atomic E-state index is 12.2. The van der Waals surface area contributed by atoms with Crippen molar-refractivity contribution in [2.75, 3.05) is 6.67 Å². The predicted octanol–water partition coefficient (Wildman–Crippen LogP) is 1.35. The van der Waals surface area contributed by atoms with Crippen molar-refractivity contribution in [2.45, 2.75) is 6.04 Å². The molecule has 1 atom stereocenters. The highest BCUT2D eigenvalue weighted by Crippen LogP contribution is 2.16. The van der Waals surface area contributed by atoms with Crippen LogP contribution in [0.1, 0.15) is 22.0 Å². The quantitative estimate of drug-likeness (QED) is 0.743. The van der Waals surface area contributed by atoms with Crippen molar-refractivity contribution in [3.63, 3.8) is 0 Å².